The number of thioether (sulfide) groups is 1. The fourth-order valence-corrected chi connectivity index (χ4v) is 2.53. The van der Waals surface area contributed by atoms with Gasteiger partial charge in [0.05, 0.1) is 18.4 Å². The molecule has 2 rings (SSSR count). The Morgan fingerprint density at radius 2 is 2.64 bits per heavy atom. The largest absolute Gasteiger partial charge is 0.390 e. The molecule has 0 aromatic carbocycles. The summed E-state index contributed by atoms with van der Waals surface area (Å²) in [6, 6.07) is 0. The van der Waals surface area contributed by atoms with Crippen molar-refractivity contribution in [3.8, 4) is 0 Å². The van der Waals surface area contributed by atoms with E-state index in [1.165, 1.54) is 0 Å². The number of β-lactam (4-membered cyclic amide) rings is 1. The van der Waals surface area contributed by atoms with E-state index >= 15 is 0 Å². The molecule has 4 heteroatoms. The van der Waals surface area contributed by atoms with E-state index < -0.39 is 0 Å². The molecule has 1 amide bonds. The molecule has 2 aliphatic rings. The summed E-state index contributed by atoms with van der Waals surface area (Å²) in [5, 5.41) is 9.17. The van der Waals surface area contributed by atoms with Crippen LogP contribution in [0, 0.1) is 0 Å². The third-order valence-corrected chi connectivity index (χ3v) is 3.11. The van der Waals surface area contributed by atoms with Crippen LogP contribution in [0.3, 0.4) is 0 Å². The van der Waals surface area contributed by atoms with Gasteiger partial charge >= 0.3 is 0 Å². The number of fused-ring (bicyclic) bond motifs is 1. The van der Waals surface area contributed by atoms with Gasteiger partial charge in [0, 0.05) is 11.4 Å². The van der Waals surface area contributed by atoms with Crippen LogP contribution in [-0.4, -0.2) is 33.6 Å². The lowest BCUT2D eigenvalue weighted by Crippen LogP contribution is -2.52. The Morgan fingerprint density at radius 1 is 1.82 bits per heavy atom. The van der Waals surface area contributed by atoms with E-state index in [1.54, 1.807) is 16.7 Å². The number of carbonyl (C=O) groups excluding carboxylic acids is 1. The summed E-state index contributed by atoms with van der Waals surface area (Å²) < 4.78 is 0. The zero-order chi connectivity index (χ0) is 7.84. The fourth-order valence-electron chi connectivity index (χ4n) is 1.36. The zero-order valence-corrected chi connectivity index (χ0v) is 6.80. The number of aliphatic hydroxyl groups is 1. The summed E-state index contributed by atoms with van der Waals surface area (Å²) in [6.07, 6.45) is 2.56. The van der Waals surface area contributed by atoms with Gasteiger partial charge in [0.25, 0.3) is 0 Å². The van der Waals surface area contributed by atoms with Crippen LogP contribution in [-0.2, 0) is 4.79 Å². The Kier molecular flexibility index (Phi) is 1.65. The predicted octanol–water partition coefficient (Wildman–Crippen LogP) is 0.168. The maximum absolute atomic E-state index is 11.0. The molecule has 0 aromatic heterocycles. The molecular formula is C7H9NO2S. The van der Waals surface area contributed by atoms with Gasteiger partial charge in [-0.1, -0.05) is 6.08 Å². The van der Waals surface area contributed by atoms with Gasteiger partial charge in [-0.05, 0) is 0 Å². The first-order valence-electron chi connectivity index (χ1n) is 3.56. The Bertz CT molecular complexity index is 226. The molecule has 2 aliphatic heterocycles. The van der Waals surface area contributed by atoms with E-state index in [1.807, 2.05) is 6.08 Å². The number of amides is 1. The predicted molar refractivity (Wildman–Crippen MR) is 42.9 cm³/mol. The number of rotatable bonds is 1. The van der Waals surface area contributed by atoms with Gasteiger partial charge in [0.15, 0.2) is 0 Å². The Morgan fingerprint density at radius 3 is 3.18 bits per heavy atom. The number of carbonyl (C=O) groups is 1. The molecule has 2 heterocycles. The summed E-state index contributed by atoms with van der Waals surface area (Å²) in [4.78, 5) is 12.7. The minimum Gasteiger partial charge on any atom is -0.390 e. The maximum Gasteiger partial charge on any atom is 0.230 e. The topological polar surface area (TPSA) is 40.5 Å². The standard InChI is InChI=1S/C7H9NO2S/c9-4-5-1-2-11-7-3-6(10)8(5)7/h1,7,9H,2-4H2/t7-/m1/s1. The molecule has 0 spiro atoms. The van der Waals surface area contributed by atoms with Crippen LogP contribution in [0.2, 0.25) is 0 Å². The van der Waals surface area contributed by atoms with Gasteiger partial charge in [-0.15, -0.1) is 11.8 Å². The van der Waals surface area contributed by atoms with Crippen molar-refractivity contribution in [2.24, 2.45) is 0 Å². The van der Waals surface area contributed by atoms with Crippen LogP contribution in [0.25, 0.3) is 0 Å². The minimum absolute atomic E-state index is 0.0111. The molecule has 1 saturated heterocycles. The Hall–Kier alpha value is -0.480. The van der Waals surface area contributed by atoms with E-state index in [2.05, 4.69) is 0 Å². The summed E-state index contributed by atoms with van der Waals surface area (Å²) in [7, 11) is 0. The molecule has 0 aromatic rings. The van der Waals surface area contributed by atoms with Crippen molar-refractivity contribution >= 4 is 17.7 Å². The summed E-state index contributed by atoms with van der Waals surface area (Å²) >= 11 is 1.75. The van der Waals surface area contributed by atoms with Gasteiger partial charge < -0.3 is 10.0 Å². The molecule has 0 unspecified atom stereocenters. The normalized spacial score (nSPS) is 29.2. The lowest BCUT2D eigenvalue weighted by atomic mass is 10.1. The molecule has 0 saturated carbocycles. The van der Waals surface area contributed by atoms with Crippen molar-refractivity contribution in [2.75, 3.05) is 12.4 Å². The molecule has 1 atom stereocenters. The van der Waals surface area contributed by atoms with Crippen LogP contribution in [0.1, 0.15) is 6.42 Å². The van der Waals surface area contributed by atoms with Crippen molar-refractivity contribution in [1.29, 1.82) is 0 Å². The fraction of sp³-hybridized carbons (Fsp3) is 0.571. The number of hydrogen-bond acceptors (Lipinski definition) is 3. The SMILES string of the molecule is O=C1C[C@H]2SCC=C(CO)N12. The van der Waals surface area contributed by atoms with E-state index in [0.29, 0.717) is 11.8 Å². The van der Waals surface area contributed by atoms with Crippen LogP contribution in [0.4, 0.5) is 0 Å². The monoisotopic (exact) mass is 171 g/mol. The zero-order valence-electron chi connectivity index (χ0n) is 5.99. The first-order valence-corrected chi connectivity index (χ1v) is 4.61. The molecule has 60 valence electrons. The number of hydrogen-bond donors (Lipinski definition) is 1. The molecule has 1 N–H and O–H groups in total. The molecule has 0 aliphatic carbocycles. The first-order chi connectivity index (χ1) is 5.33. The molecule has 0 radical (unpaired) electrons. The van der Waals surface area contributed by atoms with Crippen molar-refractivity contribution in [3.63, 3.8) is 0 Å². The molecule has 11 heavy (non-hydrogen) atoms. The van der Waals surface area contributed by atoms with Crippen LogP contribution >= 0.6 is 11.8 Å². The lowest BCUT2D eigenvalue weighted by molar-refractivity contribution is -0.139. The van der Waals surface area contributed by atoms with E-state index in [0.717, 1.165) is 11.4 Å². The van der Waals surface area contributed by atoms with Crippen LogP contribution < -0.4 is 0 Å². The average molecular weight is 171 g/mol. The first kappa shape index (κ1) is 7.18. The summed E-state index contributed by atoms with van der Waals surface area (Å²) in [5.74, 6) is 1.06. The highest BCUT2D eigenvalue weighted by atomic mass is 32.2. The highest BCUT2D eigenvalue weighted by Gasteiger charge is 2.39. The second-order valence-electron chi connectivity index (χ2n) is 2.61. The van der Waals surface area contributed by atoms with E-state index in [4.69, 9.17) is 5.11 Å². The summed E-state index contributed by atoms with van der Waals surface area (Å²) in [5.41, 5.74) is 0.782. The maximum atomic E-state index is 11.0. The van der Waals surface area contributed by atoms with Crippen molar-refractivity contribution < 1.29 is 9.90 Å². The lowest BCUT2D eigenvalue weighted by Gasteiger charge is -2.43. The smallest absolute Gasteiger partial charge is 0.230 e. The van der Waals surface area contributed by atoms with Gasteiger partial charge in [-0.3, -0.25) is 4.79 Å². The minimum atomic E-state index is -0.0111. The summed E-state index contributed by atoms with van der Waals surface area (Å²) in [6.45, 7) is -0.0111. The second-order valence-corrected chi connectivity index (χ2v) is 3.82. The highest BCUT2D eigenvalue weighted by molar-refractivity contribution is 8.00. The van der Waals surface area contributed by atoms with Crippen molar-refractivity contribution in [3.05, 3.63) is 11.8 Å². The molecule has 3 nitrogen and oxygen atoms in total. The van der Waals surface area contributed by atoms with Gasteiger partial charge in [0.2, 0.25) is 5.91 Å². The van der Waals surface area contributed by atoms with Crippen molar-refractivity contribution in [1.82, 2.24) is 4.90 Å². The van der Waals surface area contributed by atoms with Gasteiger partial charge in [-0.25, -0.2) is 0 Å². The van der Waals surface area contributed by atoms with Crippen LogP contribution in [0.5, 0.6) is 0 Å². The third-order valence-electron chi connectivity index (χ3n) is 1.98. The highest BCUT2D eigenvalue weighted by Crippen LogP contribution is 2.36. The molecular weight excluding hydrogens is 162 g/mol. The van der Waals surface area contributed by atoms with Gasteiger partial charge in [-0.2, -0.15) is 0 Å². The number of nitrogens with zero attached hydrogens (tertiary/aromatic N) is 1. The second kappa shape index (κ2) is 2.53. The third kappa shape index (κ3) is 0.973. The Balaban J connectivity index is 2.18. The van der Waals surface area contributed by atoms with Gasteiger partial charge in [0.1, 0.15) is 0 Å². The molecule has 1 fully saturated rings. The number of aliphatic hydroxyl groups excluding tert-OH is 1. The van der Waals surface area contributed by atoms with E-state index in [-0.39, 0.29) is 12.5 Å². The van der Waals surface area contributed by atoms with Crippen LogP contribution in [0.15, 0.2) is 11.8 Å². The van der Waals surface area contributed by atoms with Crippen molar-refractivity contribution in [2.45, 2.75) is 11.8 Å². The average Bonchev–Trinajstić information content (AvgIpc) is 2.01. The molecule has 0 bridgehead atoms. The Labute approximate surface area is 69.1 Å². The van der Waals surface area contributed by atoms with E-state index in [9.17, 15) is 4.79 Å². The quantitative estimate of drug-likeness (QED) is 0.572.